The molecule has 0 spiro atoms. The van der Waals surface area contributed by atoms with Gasteiger partial charge in [-0.1, -0.05) is 0 Å². The molecule has 0 aliphatic carbocycles. The summed E-state index contributed by atoms with van der Waals surface area (Å²) in [6.45, 7) is 0.684. The normalized spacial score (nSPS) is 17.4. The average Bonchev–Trinajstić information content (AvgIpc) is 2.54. The second kappa shape index (κ2) is 5.84. The fourth-order valence-electron chi connectivity index (χ4n) is 2.75. The van der Waals surface area contributed by atoms with Crippen molar-refractivity contribution in [1.29, 1.82) is 0 Å². The molecular weight excluding hydrogens is 320 g/mol. The van der Waals surface area contributed by atoms with E-state index in [-0.39, 0.29) is 27.5 Å². The highest BCUT2D eigenvalue weighted by Gasteiger charge is 2.31. The molecule has 0 unspecified atom stereocenters. The first-order valence-corrected chi connectivity index (χ1v) is 8.63. The Morgan fingerprint density at radius 3 is 2.61 bits per heavy atom. The standard InChI is InChI=1S/C14H16N4O4S/c15-10-5-8-17(9-6-10)23(21,22)13-4-3-12(18(19)20)11-2-1-7-16-14(11)13/h1-4,7,10H,5-6,8-9,15H2. The zero-order valence-corrected chi connectivity index (χ0v) is 13.1. The summed E-state index contributed by atoms with van der Waals surface area (Å²) in [4.78, 5) is 14.6. The topological polar surface area (TPSA) is 119 Å². The van der Waals surface area contributed by atoms with Gasteiger partial charge in [-0.15, -0.1) is 0 Å². The summed E-state index contributed by atoms with van der Waals surface area (Å²) in [5.41, 5.74) is 5.78. The van der Waals surface area contributed by atoms with Crippen LogP contribution in [0.25, 0.3) is 10.9 Å². The van der Waals surface area contributed by atoms with E-state index in [1.807, 2.05) is 0 Å². The van der Waals surface area contributed by atoms with Crippen molar-refractivity contribution in [1.82, 2.24) is 9.29 Å². The highest BCUT2D eigenvalue weighted by molar-refractivity contribution is 7.89. The van der Waals surface area contributed by atoms with E-state index in [1.54, 1.807) is 6.07 Å². The van der Waals surface area contributed by atoms with Crippen molar-refractivity contribution in [3.63, 3.8) is 0 Å². The largest absolute Gasteiger partial charge is 0.328 e. The van der Waals surface area contributed by atoms with Gasteiger partial charge in [0.25, 0.3) is 5.69 Å². The second-order valence-corrected chi connectivity index (χ2v) is 7.39. The molecular formula is C14H16N4O4S. The SMILES string of the molecule is NC1CCN(S(=O)(=O)c2ccc([N+](=O)[O-])c3cccnc23)CC1. The molecule has 1 aliphatic heterocycles. The maximum atomic E-state index is 12.9. The van der Waals surface area contributed by atoms with E-state index in [2.05, 4.69) is 4.98 Å². The number of nitro benzene ring substituents is 1. The summed E-state index contributed by atoms with van der Waals surface area (Å²) in [7, 11) is -3.76. The van der Waals surface area contributed by atoms with Crippen LogP contribution in [0.15, 0.2) is 35.4 Å². The van der Waals surface area contributed by atoms with Crippen molar-refractivity contribution >= 4 is 26.6 Å². The first-order chi connectivity index (χ1) is 10.9. The van der Waals surface area contributed by atoms with E-state index >= 15 is 0 Å². The number of piperidine rings is 1. The molecule has 2 heterocycles. The van der Waals surface area contributed by atoms with E-state index in [1.165, 1.54) is 28.7 Å². The van der Waals surface area contributed by atoms with Crippen LogP contribution in [0.2, 0.25) is 0 Å². The van der Waals surface area contributed by atoms with Gasteiger partial charge in [-0.2, -0.15) is 4.31 Å². The highest BCUT2D eigenvalue weighted by Crippen LogP contribution is 2.31. The number of benzene rings is 1. The number of sulfonamides is 1. The molecule has 23 heavy (non-hydrogen) atoms. The highest BCUT2D eigenvalue weighted by atomic mass is 32.2. The van der Waals surface area contributed by atoms with Gasteiger partial charge in [0.2, 0.25) is 10.0 Å². The van der Waals surface area contributed by atoms with Gasteiger partial charge in [0.15, 0.2) is 0 Å². The number of nitro groups is 1. The number of non-ortho nitro benzene ring substituents is 1. The van der Waals surface area contributed by atoms with Crippen LogP contribution in [-0.4, -0.2) is 41.8 Å². The average molecular weight is 336 g/mol. The van der Waals surface area contributed by atoms with E-state index in [4.69, 9.17) is 5.73 Å². The lowest BCUT2D eigenvalue weighted by Crippen LogP contribution is -2.42. The molecule has 1 aromatic carbocycles. The molecule has 1 aliphatic rings. The first kappa shape index (κ1) is 15.8. The Hall–Kier alpha value is -2.10. The molecule has 0 amide bonds. The Kier molecular flexibility index (Phi) is 4.00. The van der Waals surface area contributed by atoms with E-state index in [0.717, 1.165) is 0 Å². The molecule has 8 nitrogen and oxygen atoms in total. The zero-order chi connectivity index (χ0) is 16.6. The van der Waals surface area contributed by atoms with Gasteiger partial charge in [0.05, 0.1) is 15.8 Å². The molecule has 0 atom stereocenters. The van der Waals surface area contributed by atoms with Crippen LogP contribution in [0.1, 0.15) is 12.8 Å². The van der Waals surface area contributed by atoms with Gasteiger partial charge in [-0.25, -0.2) is 8.42 Å². The molecule has 122 valence electrons. The number of rotatable bonds is 3. The predicted octanol–water partition coefficient (Wildman–Crippen LogP) is 1.25. The lowest BCUT2D eigenvalue weighted by molar-refractivity contribution is -0.383. The van der Waals surface area contributed by atoms with Gasteiger partial charge >= 0.3 is 0 Å². The minimum atomic E-state index is -3.76. The lowest BCUT2D eigenvalue weighted by atomic mass is 10.1. The van der Waals surface area contributed by atoms with Crippen LogP contribution >= 0.6 is 0 Å². The van der Waals surface area contributed by atoms with Gasteiger partial charge in [-0.05, 0) is 31.0 Å². The van der Waals surface area contributed by atoms with Crippen molar-refractivity contribution in [3.05, 3.63) is 40.6 Å². The maximum absolute atomic E-state index is 12.9. The van der Waals surface area contributed by atoms with Crippen molar-refractivity contribution in [2.24, 2.45) is 5.73 Å². The summed E-state index contributed by atoms with van der Waals surface area (Å²) < 4.78 is 27.1. The molecule has 3 rings (SSSR count). The third kappa shape index (κ3) is 2.78. The van der Waals surface area contributed by atoms with Crippen molar-refractivity contribution in [2.75, 3.05) is 13.1 Å². The van der Waals surface area contributed by atoms with Crippen molar-refractivity contribution in [2.45, 2.75) is 23.8 Å². The summed E-state index contributed by atoms with van der Waals surface area (Å²) >= 11 is 0. The zero-order valence-electron chi connectivity index (χ0n) is 12.3. The van der Waals surface area contributed by atoms with Crippen LogP contribution in [0.4, 0.5) is 5.69 Å². The minimum Gasteiger partial charge on any atom is -0.328 e. The van der Waals surface area contributed by atoms with Crippen LogP contribution in [0.5, 0.6) is 0 Å². The van der Waals surface area contributed by atoms with E-state index < -0.39 is 14.9 Å². The second-order valence-electron chi connectivity index (χ2n) is 5.48. The van der Waals surface area contributed by atoms with E-state index in [9.17, 15) is 18.5 Å². The molecule has 2 N–H and O–H groups in total. The van der Waals surface area contributed by atoms with Gasteiger partial charge in [0, 0.05) is 31.4 Å². The van der Waals surface area contributed by atoms with Crippen LogP contribution in [-0.2, 0) is 10.0 Å². The Bertz CT molecular complexity index is 860. The Labute approximate surface area is 133 Å². The molecule has 1 saturated heterocycles. The third-order valence-corrected chi connectivity index (χ3v) is 5.95. The molecule has 9 heteroatoms. The Morgan fingerprint density at radius 1 is 1.26 bits per heavy atom. The van der Waals surface area contributed by atoms with Gasteiger partial charge in [0.1, 0.15) is 4.90 Å². The van der Waals surface area contributed by atoms with Crippen molar-refractivity contribution < 1.29 is 13.3 Å². The fraction of sp³-hybridized carbons (Fsp3) is 0.357. The number of fused-ring (bicyclic) bond motifs is 1. The summed E-state index contributed by atoms with van der Waals surface area (Å²) in [6.07, 6.45) is 2.62. The molecule has 0 bridgehead atoms. The van der Waals surface area contributed by atoms with E-state index in [0.29, 0.717) is 25.9 Å². The van der Waals surface area contributed by atoms with Gasteiger partial charge < -0.3 is 5.73 Å². The quantitative estimate of drug-likeness (QED) is 0.665. The number of nitrogens with zero attached hydrogens (tertiary/aromatic N) is 3. The summed E-state index contributed by atoms with van der Waals surface area (Å²) in [5.74, 6) is 0. The van der Waals surface area contributed by atoms with Crippen LogP contribution in [0.3, 0.4) is 0 Å². The molecule has 2 aromatic rings. The minimum absolute atomic E-state index is 0.00540. The number of aromatic nitrogens is 1. The first-order valence-electron chi connectivity index (χ1n) is 7.19. The Morgan fingerprint density at radius 2 is 1.96 bits per heavy atom. The molecule has 0 radical (unpaired) electrons. The van der Waals surface area contributed by atoms with Crippen LogP contribution < -0.4 is 5.73 Å². The van der Waals surface area contributed by atoms with Gasteiger partial charge in [-0.3, -0.25) is 15.1 Å². The Balaban J connectivity index is 2.13. The number of pyridine rings is 1. The predicted molar refractivity (Wildman–Crippen MR) is 84.4 cm³/mol. The fourth-order valence-corrected chi connectivity index (χ4v) is 4.37. The molecule has 0 saturated carbocycles. The summed E-state index contributed by atoms with van der Waals surface area (Å²) in [5, 5.41) is 11.3. The maximum Gasteiger partial charge on any atom is 0.278 e. The summed E-state index contributed by atoms with van der Waals surface area (Å²) in [6, 6.07) is 5.54. The molecule has 1 fully saturated rings. The number of hydrogen-bond donors (Lipinski definition) is 1. The number of hydrogen-bond acceptors (Lipinski definition) is 6. The molecule has 1 aromatic heterocycles. The lowest BCUT2D eigenvalue weighted by Gasteiger charge is -2.29. The number of nitrogens with two attached hydrogens (primary N) is 1. The smallest absolute Gasteiger partial charge is 0.278 e. The van der Waals surface area contributed by atoms with Crippen molar-refractivity contribution in [3.8, 4) is 0 Å². The monoisotopic (exact) mass is 336 g/mol. The third-order valence-electron chi connectivity index (χ3n) is 4.02. The van der Waals surface area contributed by atoms with Crippen LogP contribution in [0, 0.1) is 10.1 Å².